The molecule has 4 bridgehead atoms. The summed E-state index contributed by atoms with van der Waals surface area (Å²) < 4.78 is 29.4. The van der Waals surface area contributed by atoms with Gasteiger partial charge in [-0.3, -0.25) is 0 Å². The van der Waals surface area contributed by atoms with Crippen molar-refractivity contribution in [3.63, 3.8) is 0 Å². The van der Waals surface area contributed by atoms with Crippen LogP contribution >= 0.6 is 14.3 Å². The lowest BCUT2D eigenvalue weighted by atomic mass is 9.58. The van der Waals surface area contributed by atoms with Crippen LogP contribution in [0.5, 0.6) is 0 Å². The van der Waals surface area contributed by atoms with E-state index in [0.717, 1.165) is 21.3 Å². The summed E-state index contributed by atoms with van der Waals surface area (Å²) in [6.45, 7) is 22.1. The Morgan fingerprint density at radius 3 is 1.26 bits per heavy atom. The summed E-state index contributed by atoms with van der Waals surface area (Å²) in [5.74, 6) is 0. The van der Waals surface area contributed by atoms with Crippen molar-refractivity contribution in [1.29, 1.82) is 0 Å². The summed E-state index contributed by atoms with van der Waals surface area (Å²) >= 11 is 0. The quantitative estimate of drug-likeness (QED) is 0.389. The van der Waals surface area contributed by atoms with Gasteiger partial charge in [-0.1, -0.05) is 52.7 Å². The van der Waals surface area contributed by atoms with E-state index < -0.39 is 14.3 Å². The average Bonchev–Trinajstić information content (AvgIpc) is 3.13. The van der Waals surface area contributed by atoms with Gasteiger partial charge in [-0.05, 0) is 49.5 Å². The first-order chi connectivity index (χ1) is 12.2. The zero-order chi connectivity index (χ0) is 20.3. The van der Waals surface area contributed by atoms with E-state index in [4.69, 9.17) is 0 Å². The molecule has 1 aliphatic carbocycles. The highest BCUT2D eigenvalue weighted by Gasteiger charge is 2.76. The van der Waals surface area contributed by atoms with Crippen LogP contribution in [0.2, 0.25) is 0 Å². The van der Waals surface area contributed by atoms with E-state index in [0.29, 0.717) is 0 Å². The molecule has 0 amide bonds. The fourth-order valence-corrected chi connectivity index (χ4v) is 17.7. The number of rotatable bonds is 0. The van der Waals surface area contributed by atoms with Gasteiger partial charge in [0.1, 0.15) is 14.3 Å². The maximum Gasteiger partial charge on any atom is 0.143 e. The summed E-state index contributed by atoms with van der Waals surface area (Å²) in [4.78, 5) is 0. The molecule has 5 rings (SSSR count). The molecule has 0 aromatic rings. The van der Waals surface area contributed by atoms with Crippen LogP contribution in [0.15, 0.2) is 43.5 Å². The predicted octanol–water partition coefficient (Wildman–Crippen LogP) is 7.69. The van der Waals surface area contributed by atoms with Gasteiger partial charge in [0.25, 0.3) is 0 Å². The molecule has 6 atom stereocenters. The lowest BCUT2D eigenvalue weighted by Crippen LogP contribution is -2.38. The van der Waals surface area contributed by atoms with Crippen LogP contribution in [-0.4, -0.2) is 11.3 Å². The van der Waals surface area contributed by atoms with E-state index in [1.165, 1.54) is 22.3 Å². The standard InChI is InChI=1S/C23H32O2P2/c1-11-13(3)26(24)15(5)22(11,9)19-17(26)18-20(21(19,7)8)23(10)12(2)14(4)27(18,25)16(23)6/h15-16H,1-10H3/t15?,16?,22-,23-,26-,27-/m0/s1. The highest BCUT2D eigenvalue weighted by molar-refractivity contribution is 7.79. The summed E-state index contributed by atoms with van der Waals surface area (Å²) in [6.07, 6.45) is 0. The van der Waals surface area contributed by atoms with E-state index in [1.54, 1.807) is 0 Å². The molecule has 0 spiro atoms. The molecular formula is C23H32O2P2. The van der Waals surface area contributed by atoms with Crippen LogP contribution in [0.3, 0.4) is 0 Å². The molecule has 0 N–H and O–H groups in total. The minimum Gasteiger partial charge on any atom is -0.314 e. The number of allylic oxidation sites excluding steroid dienone is 8. The van der Waals surface area contributed by atoms with Gasteiger partial charge in [0.05, 0.1) is 0 Å². The molecule has 0 saturated heterocycles. The molecule has 4 heterocycles. The second-order valence-electron chi connectivity index (χ2n) is 10.6. The Labute approximate surface area is 164 Å². The second-order valence-corrected chi connectivity index (χ2v) is 17.0. The first-order valence-corrected chi connectivity index (χ1v) is 13.8. The van der Waals surface area contributed by atoms with E-state index in [-0.39, 0.29) is 27.6 Å². The van der Waals surface area contributed by atoms with Gasteiger partial charge >= 0.3 is 0 Å². The van der Waals surface area contributed by atoms with Gasteiger partial charge < -0.3 is 9.13 Å². The fraction of sp³-hybridized carbons (Fsp3) is 0.652. The molecule has 2 nitrogen and oxygen atoms in total. The van der Waals surface area contributed by atoms with Gasteiger partial charge in [0.15, 0.2) is 0 Å². The smallest absolute Gasteiger partial charge is 0.143 e. The third-order valence-corrected chi connectivity index (χ3v) is 18.3. The zero-order valence-electron chi connectivity index (χ0n) is 18.4. The van der Waals surface area contributed by atoms with Crippen molar-refractivity contribution in [1.82, 2.24) is 0 Å². The molecule has 4 aliphatic heterocycles. The molecule has 0 radical (unpaired) electrons. The molecular weight excluding hydrogens is 370 g/mol. The van der Waals surface area contributed by atoms with Gasteiger partial charge in [-0.25, -0.2) is 0 Å². The Morgan fingerprint density at radius 1 is 0.667 bits per heavy atom. The molecule has 0 aromatic heterocycles. The van der Waals surface area contributed by atoms with Crippen LogP contribution in [0.25, 0.3) is 0 Å². The lowest BCUT2D eigenvalue weighted by molar-refractivity contribution is 0.327. The highest BCUT2D eigenvalue weighted by atomic mass is 31.2. The van der Waals surface area contributed by atoms with E-state index in [1.807, 2.05) is 0 Å². The maximum absolute atomic E-state index is 14.7. The first kappa shape index (κ1) is 18.4. The van der Waals surface area contributed by atoms with E-state index in [9.17, 15) is 9.13 Å². The van der Waals surface area contributed by atoms with Gasteiger partial charge in [-0.15, -0.1) is 0 Å². The molecule has 27 heavy (non-hydrogen) atoms. The summed E-state index contributed by atoms with van der Waals surface area (Å²) in [6, 6.07) is 0. The first-order valence-electron chi connectivity index (χ1n) is 10.3. The topological polar surface area (TPSA) is 34.1 Å². The Bertz CT molecular complexity index is 1020. The summed E-state index contributed by atoms with van der Waals surface area (Å²) in [5.41, 5.74) is 4.99. The van der Waals surface area contributed by atoms with Crippen LogP contribution in [-0.2, 0) is 9.13 Å². The normalized spacial score (nSPS) is 51.9. The monoisotopic (exact) mass is 402 g/mol. The Kier molecular flexibility index (Phi) is 2.93. The predicted molar refractivity (Wildman–Crippen MR) is 115 cm³/mol. The van der Waals surface area contributed by atoms with Gasteiger partial charge in [-0.2, -0.15) is 0 Å². The molecule has 0 aromatic carbocycles. The van der Waals surface area contributed by atoms with Crippen LogP contribution in [0.1, 0.15) is 69.2 Å². The Hall–Kier alpha value is -0.580. The van der Waals surface area contributed by atoms with Crippen molar-refractivity contribution < 1.29 is 9.13 Å². The molecule has 4 heteroatoms. The Balaban J connectivity index is 1.94. The third-order valence-electron chi connectivity index (χ3n) is 10.1. The fourth-order valence-electron chi connectivity index (χ4n) is 8.09. The van der Waals surface area contributed by atoms with Crippen LogP contribution in [0, 0.1) is 16.2 Å². The summed E-state index contributed by atoms with van der Waals surface area (Å²) in [5, 5.41) is 4.30. The van der Waals surface area contributed by atoms with Gasteiger partial charge in [0, 0.05) is 38.2 Å². The zero-order valence-corrected chi connectivity index (χ0v) is 20.2. The Morgan fingerprint density at radius 2 is 0.963 bits per heavy atom. The molecule has 2 unspecified atom stereocenters. The number of fused-ring (bicyclic) bond motifs is 9. The molecule has 0 fully saturated rings. The van der Waals surface area contributed by atoms with Crippen molar-refractivity contribution in [3.05, 3.63) is 43.5 Å². The summed E-state index contributed by atoms with van der Waals surface area (Å²) in [7, 11) is -5.41. The highest BCUT2D eigenvalue weighted by Crippen LogP contribution is 2.96. The van der Waals surface area contributed by atoms with Crippen molar-refractivity contribution in [2.75, 3.05) is 0 Å². The van der Waals surface area contributed by atoms with Crippen LogP contribution in [0.4, 0.5) is 0 Å². The van der Waals surface area contributed by atoms with Crippen molar-refractivity contribution in [2.24, 2.45) is 16.2 Å². The number of hydrogen-bond acceptors (Lipinski definition) is 2. The maximum atomic E-state index is 14.7. The van der Waals surface area contributed by atoms with Crippen molar-refractivity contribution in [2.45, 2.75) is 80.6 Å². The minimum atomic E-state index is -2.70. The molecule has 5 aliphatic rings. The van der Waals surface area contributed by atoms with E-state index in [2.05, 4.69) is 69.2 Å². The van der Waals surface area contributed by atoms with Crippen molar-refractivity contribution in [3.8, 4) is 0 Å². The van der Waals surface area contributed by atoms with Crippen LogP contribution < -0.4 is 0 Å². The SMILES string of the molecule is CC1=C(C)[P@@]2(=O)C3=C(C(C)(C)C4=C3[P@]3(=O)C(C)=C(C)[C@@]4(C)C3C)[C@]1(C)C2C. The largest absolute Gasteiger partial charge is 0.314 e. The number of hydrogen-bond donors (Lipinski definition) is 0. The second kappa shape index (κ2) is 4.29. The van der Waals surface area contributed by atoms with E-state index >= 15 is 0 Å². The minimum absolute atomic E-state index is 0.101. The van der Waals surface area contributed by atoms with Crippen molar-refractivity contribution >= 4 is 14.3 Å². The average molecular weight is 402 g/mol. The van der Waals surface area contributed by atoms with Gasteiger partial charge in [0.2, 0.25) is 0 Å². The molecule has 146 valence electrons. The molecule has 0 saturated carbocycles. The lowest BCUT2D eigenvalue weighted by Gasteiger charge is -2.44. The third kappa shape index (κ3) is 1.30.